The molecule has 0 heterocycles. The molecule has 6 rings (SSSR count). The molecular formula is C34H20Cl4N2. The van der Waals surface area contributed by atoms with Crippen LogP contribution in [0.15, 0.2) is 119 Å². The van der Waals surface area contributed by atoms with Gasteiger partial charge in [-0.1, -0.05) is 119 Å². The van der Waals surface area contributed by atoms with Crippen molar-refractivity contribution in [3.63, 3.8) is 0 Å². The van der Waals surface area contributed by atoms with Crippen LogP contribution in [0.1, 0.15) is 11.1 Å². The molecule has 6 aromatic carbocycles. The molecule has 6 aromatic rings. The predicted octanol–water partition coefficient (Wildman–Crippen LogP) is 11.8. The summed E-state index contributed by atoms with van der Waals surface area (Å²) in [7, 11) is 0. The van der Waals surface area contributed by atoms with Crippen LogP contribution in [0.3, 0.4) is 0 Å². The summed E-state index contributed by atoms with van der Waals surface area (Å²) in [6.45, 7) is 0. The van der Waals surface area contributed by atoms with E-state index in [1.165, 1.54) is 0 Å². The molecule has 0 amide bonds. The number of rotatable bonds is 5. The Bertz CT molecular complexity index is 1780. The first kappa shape index (κ1) is 26.6. The van der Waals surface area contributed by atoms with E-state index in [0.29, 0.717) is 31.2 Å². The molecule has 2 nitrogen and oxygen atoms in total. The first-order chi connectivity index (χ1) is 19.5. The molecule has 0 fully saturated rings. The summed E-state index contributed by atoms with van der Waals surface area (Å²) < 4.78 is 0. The second kappa shape index (κ2) is 11.4. The lowest BCUT2D eigenvalue weighted by Gasteiger charge is -2.16. The van der Waals surface area contributed by atoms with Crippen LogP contribution in [0.25, 0.3) is 32.7 Å². The average Bonchev–Trinajstić information content (AvgIpc) is 2.96. The van der Waals surface area contributed by atoms with Crippen LogP contribution in [0.4, 0.5) is 11.4 Å². The molecule has 0 radical (unpaired) electrons. The fraction of sp³-hybridized carbons (Fsp3) is 0. The number of aliphatic imine (C=N–C) groups is 2. The molecule has 0 aromatic heterocycles. The van der Waals surface area contributed by atoms with Gasteiger partial charge in [0.2, 0.25) is 0 Å². The topological polar surface area (TPSA) is 24.7 Å². The Hall–Kier alpha value is -3.66. The van der Waals surface area contributed by atoms with Crippen LogP contribution in [0.2, 0.25) is 20.1 Å². The molecule has 194 valence electrons. The highest BCUT2D eigenvalue weighted by Crippen LogP contribution is 2.45. The van der Waals surface area contributed by atoms with Gasteiger partial charge in [0.25, 0.3) is 0 Å². The third-order valence-electron chi connectivity index (χ3n) is 6.73. The van der Waals surface area contributed by atoms with Gasteiger partial charge in [-0.2, -0.15) is 0 Å². The monoisotopic (exact) mass is 596 g/mol. The van der Waals surface area contributed by atoms with E-state index in [1.807, 2.05) is 48.5 Å². The number of fused-ring (bicyclic) bond motifs is 2. The molecular weight excluding hydrogens is 578 g/mol. The largest absolute Gasteiger partial charge is 0.255 e. The van der Waals surface area contributed by atoms with Crippen molar-refractivity contribution in [1.29, 1.82) is 0 Å². The third kappa shape index (κ3) is 5.12. The molecule has 0 aliphatic rings. The average molecular weight is 598 g/mol. The fourth-order valence-electron chi connectivity index (χ4n) is 4.80. The van der Waals surface area contributed by atoms with Gasteiger partial charge in [-0.3, -0.25) is 9.98 Å². The van der Waals surface area contributed by atoms with E-state index in [4.69, 9.17) is 56.4 Å². The van der Waals surface area contributed by atoms with Crippen molar-refractivity contribution in [1.82, 2.24) is 0 Å². The first-order valence-electron chi connectivity index (χ1n) is 12.5. The number of halogens is 4. The van der Waals surface area contributed by atoms with Crippen LogP contribution in [-0.2, 0) is 0 Å². The lowest BCUT2D eigenvalue weighted by atomic mass is 9.91. The minimum Gasteiger partial charge on any atom is -0.255 e. The molecule has 40 heavy (non-hydrogen) atoms. The van der Waals surface area contributed by atoms with Gasteiger partial charge in [0.15, 0.2) is 0 Å². The summed E-state index contributed by atoms with van der Waals surface area (Å²) in [4.78, 5) is 9.86. The van der Waals surface area contributed by atoms with Crippen molar-refractivity contribution in [2.24, 2.45) is 9.98 Å². The molecule has 0 unspecified atom stereocenters. The first-order valence-corrected chi connectivity index (χ1v) is 14.0. The van der Waals surface area contributed by atoms with E-state index in [9.17, 15) is 0 Å². The van der Waals surface area contributed by atoms with Crippen molar-refractivity contribution in [2.45, 2.75) is 0 Å². The number of hydrogen-bond acceptors (Lipinski definition) is 2. The molecule has 0 spiro atoms. The molecule has 6 heteroatoms. The van der Waals surface area contributed by atoms with Gasteiger partial charge in [-0.25, -0.2) is 0 Å². The van der Waals surface area contributed by atoms with Gasteiger partial charge >= 0.3 is 0 Å². The highest BCUT2D eigenvalue weighted by Gasteiger charge is 2.17. The van der Waals surface area contributed by atoms with E-state index < -0.39 is 0 Å². The fourth-order valence-corrected chi connectivity index (χ4v) is 5.79. The minimum absolute atomic E-state index is 0.533. The number of hydrogen-bond donors (Lipinski definition) is 0. The Kier molecular flexibility index (Phi) is 7.60. The lowest BCUT2D eigenvalue weighted by molar-refractivity contribution is 1.51. The van der Waals surface area contributed by atoms with Gasteiger partial charge < -0.3 is 0 Å². The minimum atomic E-state index is 0.533. The summed E-state index contributed by atoms with van der Waals surface area (Å²) in [5.74, 6) is 0. The molecule has 0 aliphatic heterocycles. The van der Waals surface area contributed by atoms with Crippen molar-refractivity contribution in [2.75, 3.05) is 0 Å². The highest BCUT2D eigenvalue weighted by atomic mass is 35.5. The number of nitrogens with zero attached hydrogens (tertiary/aromatic N) is 2. The van der Waals surface area contributed by atoms with Gasteiger partial charge in [-0.15, -0.1) is 0 Å². The van der Waals surface area contributed by atoms with Gasteiger partial charge in [0.05, 0.1) is 31.5 Å². The molecule has 0 saturated heterocycles. The molecule has 0 bridgehead atoms. The normalized spacial score (nSPS) is 11.8. The van der Waals surface area contributed by atoms with E-state index in [-0.39, 0.29) is 0 Å². The van der Waals surface area contributed by atoms with E-state index in [2.05, 4.69) is 36.4 Å². The quantitative estimate of drug-likeness (QED) is 0.177. The van der Waals surface area contributed by atoms with E-state index in [1.54, 1.807) is 36.7 Å². The maximum absolute atomic E-state index is 6.46. The molecule has 0 saturated carbocycles. The van der Waals surface area contributed by atoms with Crippen LogP contribution in [0, 0.1) is 0 Å². The van der Waals surface area contributed by atoms with Crippen molar-refractivity contribution < 1.29 is 0 Å². The summed E-state index contributed by atoms with van der Waals surface area (Å²) in [6.07, 6.45) is 3.44. The van der Waals surface area contributed by atoms with Crippen molar-refractivity contribution >= 4 is 91.8 Å². The zero-order valence-electron chi connectivity index (χ0n) is 21.0. The summed E-state index contributed by atoms with van der Waals surface area (Å²) in [6, 6.07) is 35.5. The maximum Gasteiger partial charge on any atom is 0.0715 e. The Balaban J connectivity index is 1.64. The van der Waals surface area contributed by atoms with Crippen LogP contribution in [-0.4, -0.2) is 12.4 Å². The van der Waals surface area contributed by atoms with Crippen LogP contribution in [0.5, 0.6) is 0 Å². The van der Waals surface area contributed by atoms with E-state index in [0.717, 1.165) is 44.0 Å². The zero-order valence-corrected chi connectivity index (χ0v) is 24.0. The van der Waals surface area contributed by atoms with Gasteiger partial charge in [0, 0.05) is 34.7 Å². The second-order valence-corrected chi connectivity index (χ2v) is 10.8. The highest BCUT2D eigenvalue weighted by molar-refractivity contribution is 6.39. The summed E-state index contributed by atoms with van der Waals surface area (Å²) in [5, 5.41) is 6.40. The Labute approximate surface area is 252 Å². The molecule has 0 aliphatic carbocycles. The summed E-state index contributed by atoms with van der Waals surface area (Å²) in [5.41, 5.74) is 4.75. The lowest BCUT2D eigenvalue weighted by Crippen LogP contribution is -1.90. The van der Waals surface area contributed by atoms with Crippen molar-refractivity contribution in [3.05, 3.63) is 140 Å². The predicted molar refractivity (Wildman–Crippen MR) is 174 cm³/mol. The third-order valence-corrected chi connectivity index (χ3v) is 8.05. The standard InChI is InChI=1S/C34H20Cl4N2/c35-27-11-5-12-28(36)25(27)19-39-31-17-15-21-7-1-3-9-23(21)33(31)34-24-10-4-2-8-22(24)16-18-32(34)40-20-26-29(37)13-6-14-30(26)38/h1-20H. The molecule has 0 atom stereocenters. The Morgan fingerprint density at radius 3 is 1.18 bits per heavy atom. The number of benzene rings is 6. The molecule has 0 N–H and O–H groups in total. The van der Waals surface area contributed by atoms with Gasteiger partial charge in [-0.05, 0) is 57.9 Å². The zero-order chi connectivity index (χ0) is 27.6. The smallest absolute Gasteiger partial charge is 0.0715 e. The SMILES string of the molecule is Clc1cccc(Cl)c1C=Nc1ccc2ccccc2c1-c1c(N=Cc2c(Cl)cccc2Cl)ccc2ccccc12. The van der Waals surface area contributed by atoms with Crippen molar-refractivity contribution in [3.8, 4) is 11.1 Å². The van der Waals surface area contributed by atoms with Crippen LogP contribution >= 0.6 is 46.4 Å². The van der Waals surface area contributed by atoms with E-state index >= 15 is 0 Å². The second-order valence-electron chi connectivity index (χ2n) is 9.15. The van der Waals surface area contributed by atoms with Gasteiger partial charge in [0.1, 0.15) is 0 Å². The maximum atomic E-state index is 6.46. The van der Waals surface area contributed by atoms with Crippen LogP contribution < -0.4 is 0 Å². The summed E-state index contributed by atoms with van der Waals surface area (Å²) >= 11 is 25.8. The Morgan fingerprint density at radius 1 is 0.400 bits per heavy atom. The Morgan fingerprint density at radius 2 is 0.775 bits per heavy atom.